The van der Waals surface area contributed by atoms with Gasteiger partial charge in [0.2, 0.25) is 0 Å². The lowest BCUT2D eigenvalue weighted by Gasteiger charge is -2.11. The van der Waals surface area contributed by atoms with Gasteiger partial charge in [-0.3, -0.25) is 9.59 Å². The molecule has 1 heterocycles. The number of hydrogen-bond acceptors (Lipinski definition) is 5. The molecule has 1 amide bonds. The number of tetrazole rings is 1. The van der Waals surface area contributed by atoms with Crippen LogP contribution in [0.2, 0.25) is 0 Å². The summed E-state index contributed by atoms with van der Waals surface area (Å²) in [7, 11) is 1.74. The number of benzene rings is 3. The fourth-order valence-corrected chi connectivity index (χ4v) is 3.15. The van der Waals surface area contributed by atoms with Crippen molar-refractivity contribution >= 4 is 17.4 Å². The molecule has 0 radical (unpaired) electrons. The van der Waals surface area contributed by atoms with Crippen molar-refractivity contribution in [1.29, 1.82) is 0 Å². The zero-order valence-electron chi connectivity index (χ0n) is 16.5. The Morgan fingerprint density at radius 2 is 1.63 bits per heavy atom. The Kier molecular flexibility index (Phi) is 5.17. The van der Waals surface area contributed by atoms with E-state index in [4.69, 9.17) is 0 Å². The van der Waals surface area contributed by atoms with Gasteiger partial charge in [-0.1, -0.05) is 60.2 Å². The summed E-state index contributed by atoms with van der Waals surface area (Å²) in [5, 5.41) is 14.3. The fourth-order valence-electron chi connectivity index (χ4n) is 3.15. The van der Waals surface area contributed by atoms with Crippen molar-refractivity contribution in [2.24, 2.45) is 7.05 Å². The van der Waals surface area contributed by atoms with E-state index in [2.05, 4.69) is 20.8 Å². The number of carbonyl (C=O) groups is 2. The molecule has 0 spiro atoms. The van der Waals surface area contributed by atoms with Crippen molar-refractivity contribution in [2.45, 2.75) is 6.92 Å². The van der Waals surface area contributed by atoms with E-state index in [-0.39, 0.29) is 11.7 Å². The minimum Gasteiger partial charge on any atom is -0.322 e. The summed E-state index contributed by atoms with van der Waals surface area (Å²) in [5.74, 6) is 0.0278. The largest absolute Gasteiger partial charge is 0.322 e. The molecule has 0 saturated carbocycles. The van der Waals surface area contributed by atoms with Gasteiger partial charge >= 0.3 is 0 Å². The second-order valence-corrected chi connectivity index (χ2v) is 6.90. The minimum atomic E-state index is -0.362. The predicted molar refractivity (Wildman–Crippen MR) is 113 cm³/mol. The first kappa shape index (κ1) is 19.2. The molecule has 30 heavy (non-hydrogen) atoms. The molecule has 3 aromatic carbocycles. The summed E-state index contributed by atoms with van der Waals surface area (Å²) in [4.78, 5) is 26.0. The van der Waals surface area contributed by atoms with Gasteiger partial charge in [-0.25, -0.2) is 4.68 Å². The van der Waals surface area contributed by atoms with Crippen LogP contribution in [0.25, 0.3) is 11.4 Å². The van der Waals surface area contributed by atoms with Crippen LogP contribution >= 0.6 is 0 Å². The number of nitrogens with zero attached hydrogens (tertiary/aromatic N) is 4. The van der Waals surface area contributed by atoms with Crippen molar-refractivity contribution in [1.82, 2.24) is 20.2 Å². The SMILES string of the molecule is Cc1ccc(C(=O)c2ccccc2C(=O)Nc2cccc(-c3nnnn3C)c2)cc1. The Labute approximate surface area is 173 Å². The van der Waals surface area contributed by atoms with E-state index in [1.807, 2.05) is 31.2 Å². The van der Waals surface area contributed by atoms with Crippen LogP contribution in [0.3, 0.4) is 0 Å². The lowest BCUT2D eigenvalue weighted by molar-refractivity contribution is 0.0996. The summed E-state index contributed by atoms with van der Waals surface area (Å²) in [6.45, 7) is 1.96. The van der Waals surface area contributed by atoms with Crippen molar-refractivity contribution in [3.8, 4) is 11.4 Å². The maximum atomic E-state index is 13.0. The summed E-state index contributed by atoms with van der Waals surface area (Å²) in [5.41, 5.74) is 3.62. The highest BCUT2D eigenvalue weighted by molar-refractivity contribution is 6.17. The second-order valence-electron chi connectivity index (χ2n) is 6.90. The number of amides is 1. The molecule has 1 N–H and O–H groups in total. The van der Waals surface area contributed by atoms with E-state index >= 15 is 0 Å². The quantitative estimate of drug-likeness (QED) is 0.519. The van der Waals surface area contributed by atoms with E-state index in [9.17, 15) is 9.59 Å². The van der Waals surface area contributed by atoms with Crippen molar-refractivity contribution in [2.75, 3.05) is 5.32 Å². The number of carbonyl (C=O) groups excluding carboxylic acids is 2. The van der Waals surface area contributed by atoms with Crippen LogP contribution in [-0.4, -0.2) is 31.9 Å². The van der Waals surface area contributed by atoms with Gasteiger partial charge in [0.15, 0.2) is 11.6 Å². The second kappa shape index (κ2) is 8.08. The Bertz CT molecular complexity index is 1230. The van der Waals surface area contributed by atoms with E-state index in [1.54, 1.807) is 60.3 Å². The molecule has 4 rings (SSSR count). The smallest absolute Gasteiger partial charge is 0.256 e. The van der Waals surface area contributed by atoms with Crippen LogP contribution in [0.4, 0.5) is 5.69 Å². The predicted octanol–water partition coefficient (Wildman–Crippen LogP) is 3.67. The third-order valence-electron chi connectivity index (χ3n) is 4.73. The molecule has 0 aliphatic heterocycles. The fraction of sp³-hybridized carbons (Fsp3) is 0.0870. The summed E-state index contributed by atoms with van der Waals surface area (Å²) < 4.78 is 1.55. The Hall–Kier alpha value is -4.13. The first-order valence-corrected chi connectivity index (χ1v) is 9.37. The number of aryl methyl sites for hydroxylation is 2. The standard InChI is InChI=1S/C23H19N5O2/c1-15-10-12-16(13-11-15)21(29)19-8-3-4-9-20(19)23(30)24-18-7-5-6-17(14-18)22-25-26-27-28(22)2/h3-14H,1-2H3,(H,24,30). The Balaban J connectivity index is 1.61. The third kappa shape index (κ3) is 3.86. The highest BCUT2D eigenvalue weighted by atomic mass is 16.2. The first-order valence-electron chi connectivity index (χ1n) is 9.37. The molecule has 7 heteroatoms. The van der Waals surface area contributed by atoms with Crippen molar-refractivity contribution < 1.29 is 9.59 Å². The van der Waals surface area contributed by atoms with E-state index in [1.165, 1.54) is 0 Å². The maximum absolute atomic E-state index is 13.0. The Morgan fingerprint density at radius 3 is 2.33 bits per heavy atom. The van der Waals surface area contributed by atoms with Gasteiger partial charge in [0.25, 0.3) is 5.91 Å². The zero-order chi connectivity index (χ0) is 21.1. The van der Waals surface area contributed by atoms with Crippen molar-refractivity contribution in [3.05, 3.63) is 95.1 Å². The molecule has 0 atom stereocenters. The van der Waals surface area contributed by atoms with E-state index in [0.717, 1.165) is 11.1 Å². The molecule has 0 saturated heterocycles. The van der Waals surface area contributed by atoms with E-state index < -0.39 is 0 Å². The number of ketones is 1. The molecule has 0 fully saturated rings. The number of rotatable bonds is 5. The summed E-state index contributed by atoms with van der Waals surface area (Å²) in [6.07, 6.45) is 0. The molecule has 1 aromatic heterocycles. The lowest BCUT2D eigenvalue weighted by atomic mass is 9.97. The van der Waals surface area contributed by atoms with Gasteiger partial charge in [0.05, 0.1) is 5.56 Å². The van der Waals surface area contributed by atoms with Crippen LogP contribution in [0.5, 0.6) is 0 Å². The van der Waals surface area contributed by atoms with Crippen LogP contribution in [0.1, 0.15) is 31.8 Å². The zero-order valence-corrected chi connectivity index (χ0v) is 16.5. The summed E-state index contributed by atoms with van der Waals surface area (Å²) >= 11 is 0. The monoisotopic (exact) mass is 397 g/mol. The molecule has 0 unspecified atom stereocenters. The molecule has 4 aromatic rings. The minimum absolute atomic E-state index is 0.195. The molecular weight excluding hydrogens is 378 g/mol. The lowest BCUT2D eigenvalue weighted by Crippen LogP contribution is -2.17. The molecule has 0 bridgehead atoms. The van der Waals surface area contributed by atoms with Crippen LogP contribution in [-0.2, 0) is 7.05 Å². The van der Waals surface area contributed by atoms with Gasteiger partial charge < -0.3 is 5.32 Å². The third-order valence-corrected chi connectivity index (χ3v) is 4.73. The Morgan fingerprint density at radius 1 is 0.900 bits per heavy atom. The number of nitrogens with one attached hydrogen (secondary N) is 1. The van der Waals surface area contributed by atoms with Crippen molar-refractivity contribution in [3.63, 3.8) is 0 Å². The van der Waals surface area contributed by atoms with E-state index in [0.29, 0.717) is 28.2 Å². The normalized spacial score (nSPS) is 10.6. The molecule has 7 nitrogen and oxygen atoms in total. The van der Waals surface area contributed by atoms with Crippen LogP contribution in [0, 0.1) is 6.92 Å². The number of hydrogen-bond donors (Lipinski definition) is 1. The van der Waals surface area contributed by atoms with Gasteiger partial charge in [-0.15, -0.1) is 5.10 Å². The van der Waals surface area contributed by atoms with Gasteiger partial charge in [0, 0.05) is 29.4 Å². The maximum Gasteiger partial charge on any atom is 0.256 e. The number of anilines is 1. The summed E-state index contributed by atoms with van der Waals surface area (Å²) in [6, 6.07) is 21.3. The first-order chi connectivity index (χ1) is 14.5. The highest BCUT2D eigenvalue weighted by Crippen LogP contribution is 2.21. The molecular formula is C23H19N5O2. The molecule has 0 aliphatic rings. The van der Waals surface area contributed by atoms with Crippen LogP contribution in [0.15, 0.2) is 72.8 Å². The molecule has 148 valence electrons. The average molecular weight is 397 g/mol. The average Bonchev–Trinajstić information content (AvgIpc) is 3.20. The van der Waals surface area contributed by atoms with Crippen LogP contribution < -0.4 is 5.32 Å². The molecule has 0 aliphatic carbocycles. The number of aromatic nitrogens is 4. The van der Waals surface area contributed by atoms with Gasteiger partial charge in [0.1, 0.15) is 0 Å². The van der Waals surface area contributed by atoms with Gasteiger partial charge in [-0.05, 0) is 35.5 Å². The van der Waals surface area contributed by atoms with Gasteiger partial charge in [-0.2, -0.15) is 0 Å². The highest BCUT2D eigenvalue weighted by Gasteiger charge is 2.18. The topological polar surface area (TPSA) is 89.8 Å².